The van der Waals surface area contributed by atoms with Gasteiger partial charge in [0.2, 0.25) is 5.91 Å². The third-order valence-corrected chi connectivity index (χ3v) is 5.25. The van der Waals surface area contributed by atoms with Crippen molar-refractivity contribution in [3.63, 3.8) is 0 Å². The van der Waals surface area contributed by atoms with Crippen LogP contribution in [0.5, 0.6) is 0 Å². The monoisotopic (exact) mass is 374 g/mol. The molecule has 28 heavy (non-hydrogen) atoms. The van der Waals surface area contributed by atoms with Gasteiger partial charge in [0, 0.05) is 0 Å². The quantitative estimate of drug-likeness (QED) is 0.655. The predicted molar refractivity (Wildman–Crippen MR) is 102 cm³/mol. The molecule has 0 N–H and O–H groups in total. The molecule has 0 spiro atoms. The molecule has 140 valence electrons. The molecule has 2 aliphatic rings. The Morgan fingerprint density at radius 1 is 0.821 bits per heavy atom. The number of furan rings is 1. The zero-order chi connectivity index (χ0) is 19.3. The summed E-state index contributed by atoms with van der Waals surface area (Å²) in [6.45, 7) is 1.96. The van der Waals surface area contributed by atoms with Gasteiger partial charge in [-0.1, -0.05) is 35.9 Å². The van der Waals surface area contributed by atoms with Gasteiger partial charge < -0.3 is 4.42 Å². The SMILES string of the molecule is Cc1ccc(N2C(=O)[C@@H]3[C@H](ON(c4ccccc4)[C@H]3c3ccco3)C2=O)cc1. The number of rotatable bonds is 3. The fraction of sp³-hybridized carbons (Fsp3) is 0.182. The van der Waals surface area contributed by atoms with Gasteiger partial charge in [0.15, 0.2) is 6.10 Å². The third-order valence-electron chi connectivity index (χ3n) is 5.25. The summed E-state index contributed by atoms with van der Waals surface area (Å²) >= 11 is 0. The molecule has 0 unspecified atom stereocenters. The molecule has 6 nitrogen and oxygen atoms in total. The van der Waals surface area contributed by atoms with Crippen LogP contribution in [0.4, 0.5) is 11.4 Å². The number of nitrogens with zero attached hydrogens (tertiary/aromatic N) is 2. The maximum absolute atomic E-state index is 13.3. The average molecular weight is 374 g/mol. The number of amides is 2. The van der Waals surface area contributed by atoms with E-state index in [1.54, 1.807) is 35.6 Å². The van der Waals surface area contributed by atoms with E-state index in [-0.39, 0.29) is 11.8 Å². The average Bonchev–Trinajstić information content (AvgIpc) is 3.42. The number of carbonyl (C=O) groups excluding carboxylic acids is 2. The highest BCUT2D eigenvalue weighted by atomic mass is 16.7. The van der Waals surface area contributed by atoms with Crippen molar-refractivity contribution in [2.45, 2.75) is 19.1 Å². The second kappa shape index (κ2) is 6.35. The van der Waals surface area contributed by atoms with Crippen molar-refractivity contribution in [3.8, 4) is 0 Å². The van der Waals surface area contributed by atoms with Crippen molar-refractivity contribution in [2.24, 2.45) is 5.92 Å². The summed E-state index contributed by atoms with van der Waals surface area (Å²) in [7, 11) is 0. The van der Waals surface area contributed by atoms with E-state index in [9.17, 15) is 9.59 Å². The standard InChI is InChI=1S/C22H18N2O4/c1-14-9-11-15(12-10-14)23-21(25)18-19(17-8-5-13-27-17)24(28-20(18)22(23)26)16-6-3-2-4-7-16/h2-13,18-20H,1H3/t18-,19-,20-/m0/s1. The summed E-state index contributed by atoms with van der Waals surface area (Å²) in [5, 5.41) is 1.62. The number of imide groups is 1. The molecule has 0 bridgehead atoms. The van der Waals surface area contributed by atoms with Gasteiger partial charge in [-0.25, -0.2) is 9.96 Å². The zero-order valence-corrected chi connectivity index (χ0v) is 15.2. The van der Waals surface area contributed by atoms with E-state index in [1.807, 2.05) is 49.4 Å². The minimum atomic E-state index is -0.885. The first-order valence-electron chi connectivity index (χ1n) is 9.14. The van der Waals surface area contributed by atoms with Crippen LogP contribution < -0.4 is 9.96 Å². The van der Waals surface area contributed by atoms with Crippen LogP contribution in [0.15, 0.2) is 77.4 Å². The van der Waals surface area contributed by atoms with Crippen molar-refractivity contribution in [2.75, 3.05) is 9.96 Å². The van der Waals surface area contributed by atoms with Crippen molar-refractivity contribution >= 4 is 23.2 Å². The van der Waals surface area contributed by atoms with Crippen LogP contribution >= 0.6 is 0 Å². The molecule has 6 heteroatoms. The summed E-state index contributed by atoms with van der Waals surface area (Å²) in [5.74, 6) is -0.726. The second-order valence-corrected chi connectivity index (χ2v) is 7.02. The summed E-state index contributed by atoms with van der Waals surface area (Å²) in [5.41, 5.74) is 2.38. The number of para-hydroxylation sites is 1. The van der Waals surface area contributed by atoms with Crippen molar-refractivity contribution in [1.29, 1.82) is 0 Å². The lowest BCUT2D eigenvalue weighted by Gasteiger charge is -2.27. The van der Waals surface area contributed by atoms with Crippen LogP contribution in [0.1, 0.15) is 17.4 Å². The van der Waals surface area contributed by atoms with Crippen LogP contribution in [0.25, 0.3) is 0 Å². The lowest BCUT2D eigenvalue weighted by Crippen LogP contribution is -2.37. The van der Waals surface area contributed by atoms with Gasteiger partial charge in [0.25, 0.3) is 5.91 Å². The van der Waals surface area contributed by atoms with E-state index in [2.05, 4.69) is 0 Å². The molecule has 1 aromatic heterocycles. The molecule has 0 aliphatic carbocycles. The lowest BCUT2D eigenvalue weighted by molar-refractivity contribution is -0.126. The van der Waals surface area contributed by atoms with Crippen LogP contribution in [-0.2, 0) is 14.4 Å². The van der Waals surface area contributed by atoms with Gasteiger partial charge in [-0.15, -0.1) is 0 Å². The molecule has 2 aromatic carbocycles. The maximum atomic E-state index is 13.3. The number of anilines is 2. The highest BCUT2D eigenvalue weighted by Gasteiger charge is 2.61. The number of carbonyl (C=O) groups is 2. The Hall–Kier alpha value is -3.38. The van der Waals surface area contributed by atoms with Gasteiger partial charge in [0.1, 0.15) is 17.7 Å². The Labute approximate surface area is 161 Å². The Morgan fingerprint density at radius 2 is 1.57 bits per heavy atom. The second-order valence-electron chi connectivity index (χ2n) is 7.02. The smallest absolute Gasteiger partial charge is 0.266 e. The molecule has 5 rings (SSSR count). The van der Waals surface area contributed by atoms with Gasteiger partial charge in [-0.05, 0) is 43.3 Å². The van der Waals surface area contributed by atoms with Crippen LogP contribution in [0.2, 0.25) is 0 Å². The Balaban J connectivity index is 1.56. The van der Waals surface area contributed by atoms with Crippen molar-refractivity contribution in [3.05, 3.63) is 84.3 Å². The zero-order valence-electron chi connectivity index (χ0n) is 15.2. The molecule has 3 aromatic rings. The highest BCUT2D eigenvalue weighted by molar-refractivity contribution is 6.23. The maximum Gasteiger partial charge on any atom is 0.266 e. The number of hydroxylamine groups is 1. The highest BCUT2D eigenvalue weighted by Crippen LogP contribution is 2.47. The summed E-state index contributed by atoms with van der Waals surface area (Å²) in [6.07, 6.45) is 0.675. The first kappa shape index (κ1) is 16.8. The molecule has 2 saturated heterocycles. The topological polar surface area (TPSA) is 63.0 Å². The van der Waals surface area contributed by atoms with Crippen molar-refractivity contribution in [1.82, 2.24) is 0 Å². The Morgan fingerprint density at radius 3 is 2.25 bits per heavy atom. The minimum Gasteiger partial charge on any atom is -0.467 e. The number of aryl methyl sites for hydroxylation is 1. The summed E-state index contributed by atoms with van der Waals surface area (Å²) in [6, 6.07) is 19.8. The molecule has 2 fully saturated rings. The number of benzene rings is 2. The van der Waals surface area contributed by atoms with Crippen LogP contribution in [0, 0.1) is 12.8 Å². The summed E-state index contributed by atoms with van der Waals surface area (Å²) < 4.78 is 5.61. The van der Waals surface area contributed by atoms with E-state index in [0.29, 0.717) is 11.4 Å². The molecular weight excluding hydrogens is 356 g/mol. The Kier molecular flexibility index (Phi) is 3.80. The van der Waals surface area contributed by atoms with Gasteiger partial charge in [-0.2, -0.15) is 0 Å². The fourth-order valence-corrected chi connectivity index (χ4v) is 3.91. The number of hydrogen-bond donors (Lipinski definition) is 0. The molecule has 0 saturated carbocycles. The molecule has 2 aliphatic heterocycles. The lowest BCUT2D eigenvalue weighted by atomic mass is 9.94. The molecule has 3 heterocycles. The first-order chi connectivity index (χ1) is 13.6. The normalized spacial score (nSPS) is 24.1. The van der Waals surface area contributed by atoms with E-state index >= 15 is 0 Å². The number of hydrogen-bond acceptors (Lipinski definition) is 5. The summed E-state index contributed by atoms with van der Waals surface area (Å²) in [4.78, 5) is 33.7. The fourth-order valence-electron chi connectivity index (χ4n) is 3.91. The van der Waals surface area contributed by atoms with E-state index in [0.717, 1.165) is 11.3 Å². The molecular formula is C22H18N2O4. The van der Waals surface area contributed by atoms with E-state index in [4.69, 9.17) is 9.25 Å². The van der Waals surface area contributed by atoms with Gasteiger partial charge in [0.05, 0.1) is 17.6 Å². The molecule has 3 atom stereocenters. The Bertz CT molecular complexity index is 1010. The molecule has 0 radical (unpaired) electrons. The number of fused-ring (bicyclic) bond motifs is 1. The van der Waals surface area contributed by atoms with E-state index < -0.39 is 18.1 Å². The predicted octanol–water partition coefficient (Wildman–Crippen LogP) is 3.64. The van der Waals surface area contributed by atoms with Crippen LogP contribution in [-0.4, -0.2) is 17.9 Å². The largest absolute Gasteiger partial charge is 0.467 e. The molecule has 2 amide bonds. The van der Waals surface area contributed by atoms with Crippen LogP contribution in [0.3, 0.4) is 0 Å². The van der Waals surface area contributed by atoms with Gasteiger partial charge >= 0.3 is 0 Å². The van der Waals surface area contributed by atoms with E-state index in [1.165, 1.54) is 4.90 Å². The van der Waals surface area contributed by atoms with Gasteiger partial charge in [-0.3, -0.25) is 14.4 Å². The first-order valence-corrected chi connectivity index (χ1v) is 9.14. The minimum absolute atomic E-state index is 0.279. The van der Waals surface area contributed by atoms with Crippen molar-refractivity contribution < 1.29 is 18.8 Å². The third kappa shape index (κ3) is 2.46.